The van der Waals surface area contributed by atoms with E-state index in [0.717, 1.165) is 15.6 Å². The lowest BCUT2D eigenvalue weighted by molar-refractivity contribution is -0.131. The Hall–Kier alpha value is -0.740. The van der Waals surface area contributed by atoms with Crippen LogP contribution in [-0.2, 0) is 11.2 Å². The predicted octanol–water partition coefficient (Wildman–Crippen LogP) is 2.28. The summed E-state index contributed by atoms with van der Waals surface area (Å²) in [6.07, 6.45) is -0.686. The van der Waals surface area contributed by atoms with Crippen molar-refractivity contribution in [3.8, 4) is 0 Å². The van der Waals surface area contributed by atoms with E-state index >= 15 is 0 Å². The lowest BCUT2D eigenvalue weighted by atomic mass is 9.86. The third-order valence-electron chi connectivity index (χ3n) is 2.52. The maximum Gasteiger partial charge on any atom is 0.168 e. The van der Waals surface area contributed by atoms with E-state index in [1.165, 1.54) is 11.3 Å². The van der Waals surface area contributed by atoms with Crippen molar-refractivity contribution in [1.82, 2.24) is 4.98 Å². The van der Waals surface area contributed by atoms with Crippen molar-refractivity contribution < 1.29 is 9.90 Å². The molecule has 0 amide bonds. The number of carbonyl (C=O) groups excluding carboxylic acids is 1. The molecule has 90 valence electrons. The molecule has 0 aliphatic heterocycles. The van der Waals surface area contributed by atoms with Gasteiger partial charge in [-0.2, -0.15) is 0 Å². The van der Waals surface area contributed by atoms with Gasteiger partial charge < -0.3 is 5.11 Å². The number of nitrogens with zero attached hydrogens (tertiary/aromatic N) is 1. The molecular formula is C12H19NO2S. The molecule has 0 saturated carbocycles. The lowest BCUT2D eigenvalue weighted by Crippen LogP contribution is -2.35. The Morgan fingerprint density at radius 2 is 2.00 bits per heavy atom. The summed E-state index contributed by atoms with van der Waals surface area (Å²) >= 11 is 1.53. The van der Waals surface area contributed by atoms with E-state index in [4.69, 9.17) is 0 Å². The molecule has 16 heavy (non-hydrogen) atoms. The third kappa shape index (κ3) is 3.12. The first-order valence-corrected chi connectivity index (χ1v) is 6.17. The van der Waals surface area contributed by atoms with Crippen LogP contribution in [0.1, 0.15) is 36.3 Å². The van der Waals surface area contributed by atoms with Crippen LogP contribution in [0.5, 0.6) is 0 Å². The minimum Gasteiger partial charge on any atom is -0.385 e. The van der Waals surface area contributed by atoms with Gasteiger partial charge in [0.2, 0.25) is 0 Å². The minimum absolute atomic E-state index is 0.152. The van der Waals surface area contributed by atoms with Crippen LogP contribution in [0.2, 0.25) is 0 Å². The standard InChI is InChI=1S/C12H19NO2S/c1-7-8(2)16-10(13-7)6-9(14)11(15)12(3,4)5/h11,15H,6H2,1-5H3. The fourth-order valence-corrected chi connectivity index (χ4v) is 2.29. The number of aryl methyl sites for hydroxylation is 2. The van der Waals surface area contributed by atoms with Crippen LogP contribution in [-0.4, -0.2) is 22.0 Å². The maximum atomic E-state index is 11.8. The molecule has 1 rings (SSSR count). The zero-order valence-electron chi connectivity index (χ0n) is 10.5. The molecule has 1 heterocycles. The first-order chi connectivity index (χ1) is 7.21. The number of hydrogen-bond acceptors (Lipinski definition) is 4. The highest BCUT2D eigenvalue weighted by atomic mass is 32.1. The largest absolute Gasteiger partial charge is 0.385 e. The molecule has 4 heteroatoms. The summed E-state index contributed by atoms with van der Waals surface area (Å²) in [5.74, 6) is -0.152. The summed E-state index contributed by atoms with van der Waals surface area (Å²) in [4.78, 5) is 17.2. The molecule has 0 bridgehead atoms. The smallest absolute Gasteiger partial charge is 0.168 e. The Morgan fingerprint density at radius 1 is 1.44 bits per heavy atom. The molecule has 0 radical (unpaired) electrons. The first kappa shape index (κ1) is 13.3. The van der Waals surface area contributed by atoms with E-state index in [9.17, 15) is 9.90 Å². The van der Waals surface area contributed by atoms with Gasteiger partial charge in [0.1, 0.15) is 11.1 Å². The Balaban J connectivity index is 2.72. The second-order valence-electron chi connectivity index (χ2n) is 5.16. The van der Waals surface area contributed by atoms with Gasteiger partial charge in [-0.3, -0.25) is 4.79 Å². The number of thiazole rings is 1. The first-order valence-electron chi connectivity index (χ1n) is 5.35. The highest BCUT2D eigenvalue weighted by molar-refractivity contribution is 7.11. The van der Waals surface area contributed by atoms with Crippen LogP contribution in [0.4, 0.5) is 0 Å². The van der Waals surface area contributed by atoms with Gasteiger partial charge in [-0.25, -0.2) is 4.98 Å². The third-order valence-corrected chi connectivity index (χ3v) is 3.60. The number of ketones is 1. The van der Waals surface area contributed by atoms with Crippen molar-refractivity contribution in [2.45, 2.75) is 47.1 Å². The molecule has 3 nitrogen and oxygen atoms in total. The zero-order valence-corrected chi connectivity index (χ0v) is 11.3. The van der Waals surface area contributed by atoms with Crippen molar-refractivity contribution in [1.29, 1.82) is 0 Å². The van der Waals surface area contributed by atoms with Crippen LogP contribution >= 0.6 is 11.3 Å². The fourth-order valence-electron chi connectivity index (χ4n) is 1.34. The second kappa shape index (κ2) is 4.63. The van der Waals surface area contributed by atoms with E-state index in [1.807, 2.05) is 34.6 Å². The number of aliphatic hydroxyl groups excluding tert-OH is 1. The fraction of sp³-hybridized carbons (Fsp3) is 0.667. The molecule has 0 aliphatic carbocycles. The summed E-state index contributed by atoms with van der Waals surface area (Å²) < 4.78 is 0. The molecule has 1 unspecified atom stereocenters. The van der Waals surface area contributed by atoms with Gasteiger partial charge in [0.25, 0.3) is 0 Å². The second-order valence-corrected chi connectivity index (χ2v) is 6.45. The normalized spacial score (nSPS) is 13.9. The van der Waals surface area contributed by atoms with Gasteiger partial charge in [0.15, 0.2) is 5.78 Å². The monoisotopic (exact) mass is 241 g/mol. The van der Waals surface area contributed by atoms with Crippen molar-refractivity contribution in [2.24, 2.45) is 5.41 Å². The molecule has 1 aromatic heterocycles. The Labute approximate surface area is 101 Å². The van der Waals surface area contributed by atoms with Crippen molar-refractivity contribution in [3.63, 3.8) is 0 Å². The summed E-state index contributed by atoms with van der Waals surface area (Å²) in [7, 11) is 0. The average molecular weight is 241 g/mol. The van der Waals surface area contributed by atoms with Crippen LogP contribution in [0.25, 0.3) is 0 Å². The van der Waals surface area contributed by atoms with E-state index in [-0.39, 0.29) is 12.2 Å². The number of carbonyl (C=O) groups is 1. The van der Waals surface area contributed by atoms with Crippen molar-refractivity contribution in [3.05, 3.63) is 15.6 Å². The van der Waals surface area contributed by atoms with Crippen molar-refractivity contribution >= 4 is 17.1 Å². The Bertz CT molecular complexity index is 371. The molecule has 1 atom stereocenters. The van der Waals surface area contributed by atoms with Gasteiger partial charge in [0.05, 0.1) is 12.1 Å². The lowest BCUT2D eigenvalue weighted by Gasteiger charge is -2.24. The Kier molecular flexibility index (Phi) is 3.86. The van der Waals surface area contributed by atoms with E-state index in [1.54, 1.807) is 0 Å². The molecule has 0 aromatic carbocycles. The topological polar surface area (TPSA) is 50.2 Å². The molecule has 0 fully saturated rings. The summed E-state index contributed by atoms with van der Waals surface area (Å²) in [5.41, 5.74) is 0.566. The van der Waals surface area contributed by atoms with Gasteiger partial charge in [-0.1, -0.05) is 20.8 Å². The van der Waals surface area contributed by atoms with Crippen LogP contribution in [0.3, 0.4) is 0 Å². The van der Waals surface area contributed by atoms with Crippen LogP contribution in [0.15, 0.2) is 0 Å². The maximum absolute atomic E-state index is 11.8. The van der Waals surface area contributed by atoms with Gasteiger partial charge in [-0.05, 0) is 19.3 Å². The number of Topliss-reactive ketones (excluding diaryl/α,β-unsaturated/α-hetero) is 1. The van der Waals surface area contributed by atoms with E-state index in [0.29, 0.717) is 0 Å². The van der Waals surface area contributed by atoms with Crippen LogP contribution < -0.4 is 0 Å². The number of aromatic nitrogens is 1. The minimum atomic E-state index is -0.919. The molecule has 0 spiro atoms. The number of aliphatic hydroxyl groups is 1. The highest BCUT2D eigenvalue weighted by Gasteiger charge is 2.29. The quantitative estimate of drug-likeness (QED) is 0.883. The van der Waals surface area contributed by atoms with E-state index < -0.39 is 11.5 Å². The predicted molar refractivity (Wildman–Crippen MR) is 65.8 cm³/mol. The van der Waals surface area contributed by atoms with Gasteiger partial charge in [-0.15, -0.1) is 11.3 Å². The molecule has 1 aromatic rings. The highest BCUT2D eigenvalue weighted by Crippen LogP contribution is 2.23. The van der Waals surface area contributed by atoms with Gasteiger partial charge >= 0.3 is 0 Å². The average Bonchev–Trinajstić information content (AvgIpc) is 2.43. The molecular weight excluding hydrogens is 222 g/mol. The van der Waals surface area contributed by atoms with E-state index in [2.05, 4.69) is 4.98 Å². The van der Waals surface area contributed by atoms with Crippen LogP contribution in [0, 0.1) is 19.3 Å². The van der Waals surface area contributed by atoms with Gasteiger partial charge in [0, 0.05) is 4.88 Å². The summed E-state index contributed by atoms with van der Waals surface area (Å²) in [6.45, 7) is 9.48. The number of rotatable bonds is 3. The van der Waals surface area contributed by atoms with Crippen molar-refractivity contribution in [2.75, 3.05) is 0 Å². The molecule has 0 aliphatic rings. The molecule has 0 saturated heterocycles. The zero-order chi connectivity index (χ0) is 12.5. The SMILES string of the molecule is Cc1nc(CC(=O)C(O)C(C)(C)C)sc1C. The molecule has 1 N–H and O–H groups in total. The summed E-state index contributed by atoms with van der Waals surface area (Å²) in [5, 5.41) is 10.6. The summed E-state index contributed by atoms with van der Waals surface area (Å²) in [6, 6.07) is 0. The number of hydrogen-bond donors (Lipinski definition) is 1. The Morgan fingerprint density at radius 3 is 2.38 bits per heavy atom.